The van der Waals surface area contributed by atoms with Gasteiger partial charge in [-0.1, -0.05) is 54.2 Å². The van der Waals surface area contributed by atoms with Crippen molar-refractivity contribution in [1.29, 1.82) is 0 Å². The van der Waals surface area contributed by atoms with Gasteiger partial charge < -0.3 is 14.2 Å². The Hall–Kier alpha value is -1.54. The maximum atomic E-state index is 11.4. The van der Waals surface area contributed by atoms with E-state index in [9.17, 15) is 4.79 Å². The zero-order chi connectivity index (χ0) is 22.7. The molecule has 0 atom stereocenters. The van der Waals surface area contributed by atoms with Gasteiger partial charge in [0.2, 0.25) is 5.91 Å². The van der Waals surface area contributed by atoms with Crippen LogP contribution >= 0.6 is 0 Å². The molecular weight excluding hydrogens is 394 g/mol. The molecule has 0 aliphatic heterocycles. The van der Waals surface area contributed by atoms with Crippen molar-refractivity contribution in [2.45, 2.75) is 84.2 Å². The van der Waals surface area contributed by atoms with E-state index in [-0.39, 0.29) is 16.0 Å². The summed E-state index contributed by atoms with van der Waals surface area (Å²) in [6, 6.07) is 6.19. The molecule has 0 saturated carbocycles. The molecule has 0 aromatic heterocycles. The second-order valence-corrected chi connectivity index (χ2v) is 20.2. The van der Waals surface area contributed by atoms with Gasteiger partial charge in [-0.25, -0.2) is 0 Å². The molecule has 1 aromatic carbocycles. The first-order chi connectivity index (χ1) is 13.0. The highest BCUT2D eigenvalue weighted by Gasteiger charge is 2.42. The molecule has 164 valence electrons. The van der Waals surface area contributed by atoms with Crippen LogP contribution in [0.4, 0.5) is 0 Å². The summed E-state index contributed by atoms with van der Waals surface area (Å²) in [7, 11) is -4.02. The van der Waals surface area contributed by atoms with Gasteiger partial charge in [-0.3, -0.25) is 4.79 Å². The molecule has 1 amide bonds. The minimum absolute atomic E-state index is 0.0924. The molecule has 0 radical (unpaired) electrons. The number of nitrogens with one attached hydrogen (secondary N) is 1. The zero-order valence-electron chi connectivity index (χ0n) is 20.2. The molecule has 1 N–H and O–H groups in total. The number of amides is 1. The third kappa shape index (κ3) is 7.03. The van der Waals surface area contributed by atoms with Gasteiger partial charge in [-0.15, -0.1) is 0 Å². The highest BCUT2D eigenvalue weighted by molar-refractivity contribution is 6.75. The molecule has 4 nitrogen and oxygen atoms in total. The van der Waals surface area contributed by atoms with E-state index in [0.717, 1.165) is 23.5 Å². The first kappa shape index (κ1) is 25.5. The summed E-state index contributed by atoms with van der Waals surface area (Å²) in [4.78, 5) is 11.4. The quantitative estimate of drug-likeness (QED) is 0.385. The fourth-order valence-corrected chi connectivity index (χ4v) is 4.17. The maximum absolute atomic E-state index is 11.4. The number of carbonyl (C=O) groups is 1. The van der Waals surface area contributed by atoms with Gasteiger partial charge in [-0.05, 0) is 66.5 Å². The number of hydrogen-bond acceptors (Lipinski definition) is 3. The minimum atomic E-state index is -2.02. The van der Waals surface area contributed by atoms with E-state index in [1.54, 1.807) is 0 Å². The van der Waals surface area contributed by atoms with Crippen molar-refractivity contribution in [1.82, 2.24) is 5.32 Å². The van der Waals surface area contributed by atoms with E-state index >= 15 is 0 Å². The molecule has 0 saturated heterocycles. The second kappa shape index (κ2) is 9.08. The minimum Gasteiger partial charge on any atom is -0.541 e. The number of hydrogen-bond donors (Lipinski definition) is 1. The van der Waals surface area contributed by atoms with Crippen LogP contribution < -0.4 is 14.2 Å². The molecular formula is C23H41NO3Si2. The van der Waals surface area contributed by atoms with E-state index in [0.29, 0.717) is 6.54 Å². The van der Waals surface area contributed by atoms with Gasteiger partial charge >= 0.3 is 0 Å². The van der Waals surface area contributed by atoms with Crippen molar-refractivity contribution in [3.63, 3.8) is 0 Å². The summed E-state index contributed by atoms with van der Waals surface area (Å²) in [5.41, 5.74) is 1.12. The van der Waals surface area contributed by atoms with E-state index in [2.05, 4.69) is 91.8 Å². The molecule has 6 heteroatoms. The number of rotatable bonds is 8. The first-order valence-electron chi connectivity index (χ1n) is 10.4. The van der Waals surface area contributed by atoms with Crippen LogP contribution in [0.1, 0.15) is 47.1 Å². The molecule has 0 heterocycles. The van der Waals surface area contributed by atoms with Crippen LogP contribution in [-0.2, 0) is 11.2 Å². The van der Waals surface area contributed by atoms with Crippen LogP contribution in [0.5, 0.6) is 11.5 Å². The summed E-state index contributed by atoms with van der Waals surface area (Å²) in [6.45, 7) is 26.5. The predicted octanol–water partition coefficient (Wildman–Crippen LogP) is 6.30. The topological polar surface area (TPSA) is 47.6 Å². The lowest BCUT2D eigenvalue weighted by Crippen LogP contribution is -2.45. The monoisotopic (exact) mass is 435 g/mol. The van der Waals surface area contributed by atoms with Crippen molar-refractivity contribution in [2.24, 2.45) is 0 Å². The van der Waals surface area contributed by atoms with Gasteiger partial charge in [0, 0.05) is 6.54 Å². The molecule has 0 fully saturated rings. The average molecular weight is 436 g/mol. The van der Waals surface area contributed by atoms with Crippen LogP contribution in [0, 0.1) is 0 Å². The van der Waals surface area contributed by atoms with Crippen molar-refractivity contribution < 1.29 is 13.6 Å². The van der Waals surface area contributed by atoms with E-state index < -0.39 is 16.6 Å². The van der Waals surface area contributed by atoms with E-state index in [4.69, 9.17) is 8.85 Å². The average Bonchev–Trinajstić information content (AvgIpc) is 2.54. The molecule has 0 unspecified atom stereocenters. The predicted molar refractivity (Wildman–Crippen MR) is 129 cm³/mol. The summed E-state index contributed by atoms with van der Waals surface area (Å²) in [6.07, 6.45) is 2.02. The molecule has 0 spiro atoms. The Balaban J connectivity index is 3.23. The zero-order valence-corrected chi connectivity index (χ0v) is 22.2. The Morgan fingerprint density at radius 1 is 0.966 bits per heavy atom. The van der Waals surface area contributed by atoms with Gasteiger partial charge in [0.25, 0.3) is 16.6 Å². The highest BCUT2D eigenvalue weighted by atomic mass is 28.4. The summed E-state index contributed by atoms with van der Waals surface area (Å²) >= 11 is 0. The van der Waals surface area contributed by atoms with Crippen LogP contribution in [0.2, 0.25) is 36.3 Å². The molecule has 0 aliphatic carbocycles. The number of carbonyl (C=O) groups excluding carboxylic acids is 1. The third-order valence-electron chi connectivity index (χ3n) is 6.25. The van der Waals surface area contributed by atoms with Gasteiger partial charge in [-0.2, -0.15) is 0 Å². The van der Waals surface area contributed by atoms with Gasteiger partial charge in [0.1, 0.15) is 11.5 Å². The Labute approximate surface area is 180 Å². The van der Waals surface area contributed by atoms with Crippen molar-refractivity contribution in [2.75, 3.05) is 6.54 Å². The molecule has 1 rings (SSSR count). The highest BCUT2D eigenvalue weighted by Crippen LogP contribution is 2.43. The second-order valence-electron chi connectivity index (χ2n) is 10.8. The lowest BCUT2D eigenvalue weighted by Gasteiger charge is -2.39. The Morgan fingerprint density at radius 2 is 1.45 bits per heavy atom. The molecule has 0 bridgehead atoms. The van der Waals surface area contributed by atoms with Crippen LogP contribution in [0.25, 0.3) is 0 Å². The van der Waals surface area contributed by atoms with Crippen LogP contribution in [0.3, 0.4) is 0 Å². The Bertz CT molecular complexity index is 729. The van der Waals surface area contributed by atoms with Crippen molar-refractivity contribution in [3.8, 4) is 11.5 Å². The normalized spacial score (nSPS) is 13.0. The lowest BCUT2D eigenvalue weighted by atomic mass is 10.1. The van der Waals surface area contributed by atoms with Crippen molar-refractivity contribution in [3.05, 3.63) is 36.4 Å². The van der Waals surface area contributed by atoms with Crippen LogP contribution in [0.15, 0.2) is 30.9 Å². The Kier molecular flexibility index (Phi) is 7.99. The third-order valence-corrected chi connectivity index (χ3v) is 14.9. The van der Waals surface area contributed by atoms with Gasteiger partial charge in [0.15, 0.2) is 0 Å². The lowest BCUT2D eigenvalue weighted by molar-refractivity contribution is -0.116. The standard InChI is InChI=1S/C23H41NO3Si2/c1-12-21(25)24-16-15-18-13-14-19(26-28(8,9)22(2,3)4)20(17-18)27-29(10,11)23(5,6)7/h12-14,17H,1,15-16H2,2-11H3,(H,24,25). The largest absolute Gasteiger partial charge is 0.541 e. The Morgan fingerprint density at radius 3 is 1.90 bits per heavy atom. The first-order valence-corrected chi connectivity index (χ1v) is 16.2. The van der Waals surface area contributed by atoms with E-state index in [1.807, 2.05) is 6.07 Å². The van der Waals surface area contributed by atoms with Crippen molar-refractivity contribution >= 4 is 22.5 Å². The summed E-state index contributed by atoms with van der Waals surface area (Å²) in [5, 5.41) is 3.03. The fourth-order valence-electron chi connectivity index (χ4n) is 2.13. The van der Waals surface area contributed by atoms with Crippen LogP contribution in [-0.4, -0.2) is 29.1 Å². The van der Waals surface area contributed by atoms with E-state index in [1.165, 1.54) is 6.08 Å². The molecule has 0 aliphatic rings. The summed E-state index contributed by atoms with van der Waals surface area (Å²) < 4.78 is 13.3. The molecule has 1 aromatic rings. The maximum Gasteiger partial charge on any atom is 0.250 e. The SMILES string of the molecule is C=CC(=O)NCCc1ccc(O[Si](C)(C)C(C)(C)C)c(O[Si](C)(C)C(C)(C)C)c1. The smallest absolute Gasteiger partial charge is 0.250 e. The fraction of sp³-hybridized carbons (Fsp3) is 0.609. The van der Waals surface area contributed by atoms with Gasteiger partial charge in [0.05, 0.1) is 0 Å². The molecule has 29 heavy (non-hydrogen) atoms. The summed E-state index contributed by atoms with van der Waals surface area (Å²) in [5.74, 6) is 1.51. The number of benzene rings is 1.